The van der Waals surface area contributed by atoms with E-state index in [4.69, 9.17) is 13.7 Å². The fourth-order valence-corrected chi connectivity index (χ4v) is 4.13. The van der Waals surface area contributed by atoms with Gasteiger partial charge in [-0.05, 0) is 64.7 Å². The topological polar surface area (TPSA) is 116 Å². The van der Waals surface area contributed by atoms with E-state index in [0.717, 1.165) is 64.1 Å². The second-order valence-corrected chi connectivity index (χ2v) is 13.9. The number of carbonyl (C=O) groups excluding carboxylic acids is 1. The van der Waals surface area contributed by atoms with Crippen LogP contribution >= 0.6 is 10.7 Å². The van der Waals surface area contributed by atoms with Gasteiger partial charge in [-0.15, -0.1) is 0 Å². The molecular formula is C19H36ClNO8S2. The van der Waals surface area contributed by atoms with Gasteiger partial charge in [-0.3, -0.25) is 4.18 Å². The van der Waals surface area contributed by atoms with Gasteiger partial charge >= 0.3 is 6.09 Å². The largest absolute Gasteiger partial charge is 0.444 e. The average Bonchev–Trinajstić information content (AvgIpc) is 2.57. The van der Waals surface area contributed by atoms with Crippen molar-refractivity contribution in [3.8, 4) is 0 Å². The summed E-state index contributed by atoms with van der Waals surface area (Å²) in [6, 6.07) is 0. The van der Waals surface area contributed by atoms with Crippen LogP contribution in [0.5, 0.6) is 0 Å². The number of carbonyl (C=O) groups is 1. The van der Waals surface area contributed by atoms with Gasteiger partial charge in [0.15, 0.2) is 0 Å². The molecule has 0 aromatic rings. The first-order valence-electron chi connectivity index (χ1n) is 10.3. The second-order valence-electron chi connectivity index (χ2n) is 9.25. The Labute approximate surface area is 191 Å². The van der Waals surface area contributed by atoms with Crippen molar-refractivity contribution in [3.05, 3.63) is 0 Å². The molecule has 0 N–H and O–H groups in total. The van der Waals surface area contributed by atoms with Crippen molar-refractivity contribution in [1.82, 2.24) is 4.90 Å². The summed E-state index contributed by atoms with van der Waals surface area (Å²) in [6.45, 7) is 7.55. The first kappa shape index (κ1) is 28.4. The molecule has 31 heavy (non-hydrogen) atoms. The van der Waals surface area contributed by atoms with Crippen LogP contribution in [0.1, 0.15) is 59.3 Å². The minimum absolute atomic E-state index is 0.0747. The molecule has 0 aromatic carbocycles. The van der Waals surface area contributed by atoms with Gasteiger partial charge in [0.25, 0.3) is 10.1 Å². The fraction of sp³-hybridized carbons (Fsp3) is 0.947. The maximum Gasteiger partial charge on any atom is 0.410 e. The Balaban J connectivity index is 0.000000861. The molecule has 0 atom stereocenters. The number of ether oxygens (including phenoxy) is 2. The van der Waals surface area contributed by atoms with E-state index in [9.17, 15) is 21.6 Å². The lowest BCUT2D eigenvalue weighted by atomic mass is 9.67. The molecule has 1 spiro atoms. The SMILES string of the molecule is CC(C)(C)OC(=O)N1CCC2(CCC(OCCOS(C)(=O)=O)CC2)CC1.CS(=O)(=O)Cl. The molecule has 1 heterocycles. The number of rotatable bonds is 5. The highest BCUT2D eigenvalue weighted by Crippen LogP contribution is 2.45. The standard InChI is InChI=1S/C18H33NO6S.CH3ClO2S/c1-17(2,3)25-16(20)19-11-9-18(10-12-19)7-5-15(6-8-18)23-13-14-24-26(4,21)22;1-5(2,3)4/h15H,5-14H2,1-4H3;1H3. The Bertz CT molecular complexity index is 766. The number of hydrogen-bond acceptors (Lipinski definition) is 8. The van der Waals surface area contributed by atoms with Crippen molar-refractivity contribution in [2.24, 2.45) is 5.41 Å². The zero-order chi connectivity index (χ0) is 23.9. The maximum absolute atomic E-state index is 12.2. The molecule has 2 aliphatic rings. The molecule has 1 aliphatic carbocycles. The molecule has 0 aromatic heterocycles. The van der Waals surface area contributed by atoms with Crippen molar-refractivity contribution < 1.29 is 35.3 Å². The van der Waals surface area contributed by atoms with E-state index in [0.29, 0.717) is 12.0 Å². The Morgan fingerprint density at radius 2 is 1.48 bits per heavy atom. The van der Waals surface area contributed by atoms with Crippen molar-refractivity contribution in [2.45, 2.75) is 71.0 Å². The van der Waals surface area contributed by atoms with E-state index >= 15 is 0 Å². The molecule has 9 nitrogen and oxygen atoms in total. The lowest BCUT2D eigenvalue weighted by molar-refractivity contribution is -0.0345. The molecule has 184 valence electrons. The quantitative estimate of drug-likeness (QED) is 0.318. The molecule has 0 bridgehead atoms. The number of halogens is 1. The summed E-state index contributed by atoms with van der Waals surface area (Å²) in [5, 5.41) is 0. The normalized spacial score (nSPS) is 20.1. The number of nitrogens with zero attached hydrogens (tertiary/aromatic N) is 1. The highest BCUT2D eigenvalue weighted by Gasteiger charge is 2.39. The Hall–Kier alpha value is -0.620. The highest BCUT2D eigenvalue weighted by molar-refractivity contribution is 8.13. The number of likely N-dealkylation sites (tertiary alicyclic amines) is 1. The molecular weight excluding hydrogens is 470 g/mol. The Morgan fingerprint density at radius 3 is 1.90 bits per heavy atom. The van der Waals surface area contributed by atoms with Gasteiger partial charge in [0.05, 0.1) is 31.8 Å². The molecule has 1 saturated carbocycles. The summed E-state index contributed by atoms with van der Waals surface area (Å²) in [4.78, 5) is 14.0. The van der Waals surface area contributed by atoms with E-state index < -0.39 is 24.8 Å². The van der Waals surface area contributed by atoms with Crippen molar-refractivity contribution in [2.75, 3.05) is 38.8 Å². The first-order valence-corrected chi connectivity index (χ1v) is 14.9. The van der Waals surface area contributed by atoms with Crippen LogP contribution in [0.15, 0.2) is 0 Å². The molecule has 1 aliphatic heterocycles. The minimum atomic E-state index is -3.40. The van der Waals surface area contributed by atoms with Gasteiger partial charge < -0.3 is 14.4 Å². The molecule has 0 radical (unpaired) electrons. The minimum Gasteiger partial charge on any atom is -0.444 e. The van der Waals surface area contributed by atoms with Crippen LogP contribution < -0.4 is 0 Å². The monoisotopic (exact) mass is 505 g/mol. The third kappa shape index (κ3) is 13.5. The third-order valence-corrected chi connectivity index (χ3v) is 5.80. The number of amides is 1. The first-order chi connectivity index (χ1) is 14.0. The summed E-state index contributed by atoms with van der Waals surface area (Å²) in [6.07, 6.45) is 8.08. The third-order valence-electron chi connectivity index (χ3n) is 5.20. The van der Waals surface area contributed by atoms with E-state index in [2.05, 4.69) is 10.7 Å². The lowest BCUT2D eigenvalue weighted by Crippen LogP contribution is -2.46. The average molecular weight is 506 g/mol. The molecule has 1 amide bonds. The van der Waals surface area contributed by atoms with Crippen LogP contribution in [0.25, 0.3) is 0 Å². The van der Waals surface area contributed by atoms with Gasteiger partial charge in [-0.2, -0.15) is 8.42 Å². The number of piperidine rings is 1. The van der Waals surface area contributed by atoms with Crippen LogP contribution in [0.4, 0.5) is 4.79 Å². The lowest BCUT2D eigenvalue weighted by Gasteiger charge is -2.45. The van der Waals surface area contributed by atoms with Gasteiger partial charge in [0.1, 0.15) is 5.60 Å². The predicted molar refractivity (Wildman–Crippen MR) is 119 cm³/mol. The van der Waals surface area contributed by atoms with E-state index in [-0.39, 0.29) is 18.8 Å². The molecule has 0 unspecified atom stereocenters. The summed E-state index contributed by atoms with van der Waals surface area (Å²) >= 11 is 0. The predicted octanol–water partition coefficient (Wildman–Crippen LogP) is 3.12. The van der Waals surface area contributed by atoms with E-state index in [1.165, 1.54) is 0 Å². The van der Waals surface area contributed by atoms with Crippen molar-refractivity contribution >= 4 is 35.9 Å². The van der Waals surface area contributed by atoms with Gasteiger partial charge in [-0.25, -0.2) is 13.2 Å². The zero-order valence-corrected chi connectivity index (χ0v) is 21.4. The highest BCUT2D eigenvalue weighted by atomic mass is 35.7. The van der Waals surface area contributed by atoms with E-state index in [1.807, 2.05) is 25.7 Å². The van der Waals surface area contributed by atoms with Gasteiger partial charge in [0.2, 0.25) is 9.05 Å². The van der Waals surface area contributed by atoms with Gasteiger partial charge in [0, 0.05) is 23.8 Å². The second kappa shape index (κ2) is 11.5. The maximum atomic E-state index is 12.2. The number of hydrogen-bond donors (Lipinski definition) is 0. The summed E-state index contributed by atoms with van der Waals surface area (Å²) < 4.78 is 56.5. The zero-order valence-electron chi connectivity index (χ0n) is 19.1. The molecule has 2 fully saturated rings. The Morgan fingerprint density at radius 1 is 1.00 bits per heavy atom. The van der Waals surface area contributed by atoms with E-state index in [1.54, 1.807) is 0 Å². The summed E-state index contributed by atoms with van der Waals surface area (Å²) in [7, 11) is -2.09. The molecule has 2 rings (SSSR count). The van der Waals surface area contributed by atoms with Crippen LogP contribution in [-0.2, 0) is 32.8 Å². The van der Waals surface area contributed by atoms with Crippen LogP contribution in [0.2, 0.25) is 0 Å². The van der Waals surface area contributed by atoms with Crippen molar-refractivity contribution in [1.29, 1.82) is 0 Å². The van der Waals surface area contributed by atoms with Crippen molar-refractivity contribution in [3.63, 3.8) is 0 Å². The van der Waals surface area contributed by atoms with Crippen LogP contribution in [-0.4, -0.2) is 78.3 Å². The van der Waals surface area contributed by atoms with Gasteiger partial charge in [-0.1, -0.05) is 0 Å². The fourth-order valence-electron chi connectivity index (χ4n) is 3.76. The summed E-state index contributed by atoms with van der Waals surface area (Å²) in [5.41, 5.74) is -0.149. The Kier molecular flexibility index (Phi) is 10.5. The van der Waals surface area contributed by atoms with Crippen LogP contribution in [0, 0.1) is 5.41 Å². The van der Waals surface area contributed by atoms with Crippen LogP contribution in [0.3, 0.4) is 0 Å². The summed E-state index contributed by atoms with van der Waals surface area (Å²) in [5.74, 6) is 0. The molecule has 12 heteroatoms. The smallest absolute Gasteiger partial charge is 0.410 e. The molecule has 1 saturated heterocycles.